The molecule has 0 saturated carbocycles. The van der Waals surface area contributed by atoms with Crippen molar-refractivity contribution in [2.24, 2.45) is 0 Å². The molecule has 0 spiro atoms. The minimum absolute atomic E-state index is 0.627. The molecule has 1 aliphatic heterocycles. The number of fused-ring (bicyclic) bond motifs is 1. The average Bonchev–Trinajstić information content (AvgIpc) is 2.55. The van der Waals surface area contributed by atoms with E-state index in [9.17, 15) is 0 Å². The van der Waals surface area contributed by atoms with Gasteiger partial charge in [-0.1, -0.05) is 30.4 Å². The van der Waals surface area contributed by atoms with E-state index in [1.54, 1.807) is 7.11 Å². The molecule has 86 valence electrons. The van der Waals surface area contributed by atoms with Crippen molar-refractivity contribution >= 4 is 6.08 Å². The highest BCUT2D eigenvalue weighted by Gasteiger charge is 2.10. The molecule has 1 N–H and O–H groups in total. The third kappa shape index (κ3) is 2.62. The molecule has 2 rings (SSSR count). The van der Waals surface area contributed by atoms with E-state index in [1.807, 2.05) is 12.2 Å². The third-order valence-electron chi connectivity index (χ3n) is 2.53. The summed E-state index contributed by atoms with van der Waals surface area (Å²) in [6.45, 7) is 3.13. The van der Waals surface area contributed by atoms with Crippen LogP contribution in [0.5, 0.6) is 5.75 Å². The van der Waals surface area contributed by atoms with Crippen molar-refractivity contribution in [2.75, 3.05) is 26.9 Å². The molecule has 0 fully saturated rings. The van der Waals surface area contributed by atoms with Gasteiger partial charge in [0.25, 0.3) is 0 Å². The number of hydrogen-bond acceptors (Lipinski definition) is 3. The van der Waals surface area contributed by atoms with Gasteiger partial charge in [-0.2, -0.15) is 0 Å². The lowest BCUT2D eigenvalue weighted by molar-refractivity contribution is 0.234. The predicted octanol–water partition coefficient (Wildman–Crippen LogP) is 1.83. The van der Waals surface area contributed by atoms with Gasteiger partial charge in [0.05, 0.1) is 6.61 Å². The SMILES string of the molecule is COCC=Cc1cccc2c1OCCNC2. The van der Waals surface area contributed by atoms with Gasteiger partial charge in [-0.3, -0.25) is 0 Å². The summed E-state index contributed by atoms with van der Waals surface area (Å²) >= 11 is 0. The first-order valence-corrected chi connectivity index (χ1v) is 5.52. The summed E-state index contributed by atoms with van der Waals surface area (Å²) in [5.74, 6) is 1.000. The molecule has 0 aromatic heterocycles. The highest BCUT2D eigenvalue weighted by Crippen LogP contribution is 2.26. The molecule has 0 atom stereocenters. The van der Waals surface area contributed by atoms with Crippen LogP contribution in [0.4, 0.5) is 0 Å². The summed E-state index contributed by atoms with van der Waals surface area (Å²) in [5, 5.41) is 3.32. The smallest absolute Gasteiger partial charge is 0.131 e. The first kappa shape index (κ1) is 11.2. The molecule has 0 amide bonds. The second-order valence-electron chi connectivity index (χ2n) is 3.72. The van der Waals surface area contributed by atoms with Crippen LogP contribution in [0.3, 0.4) is 0 Å². The standard InChI is InChI=1S/C13H17NO2/c1-15-8-3-6-11-4-2-5-12-10-14-7-9-16-13(11)12/h2-6,14H,7-10H2,1H3. The number of nitrogens with one attached hydrogen (secondary N) is 1. The Hall–Kier alpha value is -1.32. The van der Waals surface area contributed by atoms with Crippen LogP contribution in [-0.2, 0) is 11.3 Å². The largest absolute Gasteiger partial charge is 0.491 e. The fraction of sp³-hybridized carbons (Fsp3) is 0.385. The molecule has 3 nitrogen and oxygen atoms in total. The van der Waals surface area contributed by atoms with Crippen LogP contribution in [0, 0.1) is 0 Å². The van der Waals surface area contributed by atoms with Gasteiger partial charge >= 0.3 is 0 Å². The van der Waals surface area contributed by atoms with Gasteiger partial charge in [-0.25, -0.2) is 0 Å². The van der Waals surface area contributed by atoms with Gasteiger partial charge in [0.15, 0.2) is 0 Å². The lowest BCUT2D eigenvalue weighted by Crippen LogP contribution is -2.16. The summed E-state index contributed by atoms with van der Waals surface area (Å²) in [5.41, 5.74) is 2.34. The number of hydrogen-bond donors (Lipinski definition) is 1. The van der Waals surface area contributed by atoms with E-state index >= 15 is 0 Å². The Balaban J connectivity index is 2.24. The van der Waals surface area contributed by atoms with E-state index in [4.69, 9.17) is 9.47 Å². The summed E-state index contributed by atoms with van der Waals surface area (Å²) < 4.78 is 10.7. The lowest BCUT2D eigenvalue weighted by Gasteiger charge is -2.09. The zero-order valence-electron chi connectivity index (χ0n) is 9.53. The van der Waals surface area contributed by atoms with Crippen molar-refractivity contribution in [3.05, 3.63) is 35.4 Å². The minimum atomic E-state index is 0.627. The van der Waals surface area contributed by atoms with E-state index in [2.05, 4.69) is 23.5 Å². The van der Waals surface area contributed by atoms with Crippen LogP contribution in [0.2, 0.25) is 0 Å². The summed E-state index contributed by atoms with van der Waals surface area (Å²) in [6.07, 6.45) is 4.05. The predicted molar refractivity (Wildman–Crippen MR) is 64.6 cm³/mol. The van der Waals surface area contributed by atoms with Gasteiger partial charge in [0.2, 0.25) is 0 Å². The zero-order valence-corrected chi connectivity index (χ0v) is 9.53. The van der Waals surface area contributed by atoms with Gasteiger partial charge < -0.3 is 14.8 Å². The maximum atomic E-state index is 5.76. The number of methoxy groups -OCH3 is 1. The van der Waals surface area contributed by atoms with Crippen LogP contribution in [-0.4, -0.2) is 26.9 Å². The topological polar surface area (TPSA) is 30.5 Å². The van der Waals surface area contributed by atoms with E-state index in [-0.39, 0.29) is 0 Å². The molecular formula is C13H17NO2. The molecule has 0 radical (unpaired) electrons. The van der Waals surface area contributed by atoms with Crippen LogP contribution in [0.25, 0.3) is 6.08 Å². The minimum Gasteiger partial charge on any atom is -0.491 e. The maximum absolute atomic E-state index is 5.76. The van der Waals surface area contributed by atoms with Crippen LogP contribution < -0.4 is 10.1 Å². The van der Waals surface area contributed by atoms with E-state index in [0.29, 0.717) is 6.61 Å². The highest BCUT2D eigenvalue weighted by molar-refractivity contribution is 5.60. The number of ether oxygens (including phenoxy) is 2. The van der Waals surface area contributed by atoms with Gasteiger partial charge in [0.1, 0.15) is 12.4 Å². The first-order valence-electron chi connectivity index (χ1n) is 5.52. The molecule has 0 saturated heterocycles. The fourth-order valence-corrected chi connectivity index (χ4v) is 1.77. The second kappa shape index (κ2) is 5.68. The van der Waals surface area contributed by atoms with Crippen molar-refractivity contribution in [3.8, 4) is 5.75 Å². The normalized spacial score (nSPS) is 15.6. The third-order valence-corrected chi connectivity index (χ3v) is 2.53. The monoisotopic (exact) mass is 219 g/mol. The molecule has 3 heteroatoms. The Morgan fingerprint density at radius 2 is 2.44 bits per heavy atom. The van der Waals surface area contributed by atoms with Crippen LogP contribution in [0.15, 0.2) is 24.3 Å². The van der Waals surface area contributed by atoms with Crippen molar-refractivity contribution in [1.82, 2.24) is 5.32 Å². The Bertz CT molecular complexity index is 374. The van der Waals surface area contributed by atoms with Crippen LogP contribution >= 0.6 is 0 Å². The number of benzene rings is 1. The van der Waals surface area contributed by atoms with Crippen molar-refractivity contribution in [2.45, 2.75) is 6.54 Å². The Labute approximate surface area is 96.1 Å². The van der Waals surface area contributed by atoms with Gasteiger partial charge in [0, 0.05) is 31.3 Å². The molecule has 1 aliphatic rings. The van der Waals surface area contributed by atoms with Crippen molar-refractivity contribution in [3.63, 3.8) is 0 Å². The highest BCUT2D eigenvalue weighted by atomic mass is 16.5. The molecule has 0 aliphatic carbocycles. The van der Waals surface area contributed by atoms with E-state index in [1.165, 1.54) is 5.56 Å². The molecule has 0 unspecified atom stereocenters. The van der Waals surface area contributed by atoms with Gasteiger partial charge in [-0.15, -0.1) is 0 Å². The summed E-state index contributed by atoms with van der Waals surface area (Å²) in [7, 11) is 1.69. The number of para-hydroxylation sites is 1. The summed E-state index contributed by atoms with van der Waals surface area (Å²) in [6, 6.07) is 6.22. The molecule has 1 aromatic rings. The Morgan fingerprint density at radius 1 is 1.50 bits per heavy atom. The van der Waals surface area contributed by atoms with Crippen LogP contribution in [0.1, 0.15) is 11.1 Å². The molecule has 16 heavy (non-hydrogen) atoms. The van der Waals surface area contributed by atoms with Gasteiger partial charge in [-0.05, 0) is 0 Å². The lowest BCUT2D eigenvalue weighted by atomic mass is 10.1. The Morgan fingerprint density at radius 3 is 3.31 bits per heavy atom. The molecule has 1 heterocycles. The van der Waals surface area contributed by atoms with Crippen molar-refractivity contribution in [1.29, 1.82) is 0 Å². The second-order valence-corrected chi connectivity index (χ2v) is 3.72. The fourth-order valence-electron chi connectivity index (χ4n) is 1.77. The number of rotatable bonds is 3. The Kier molecular flexibility index (Phi) is 3.97. The first-order chi connectivity index (χ1) is 7.92. The van der Waals surface area contributed by atoms with Crippen molar-refractivity contribution < 1.29 is 9.47 Å². The van der Waals surface area contributed by atoms with E-state index in [0.717, 1.165) is 31.0 Å². The molecule has 0 bridgehead atoms. The maximum Gasteiger partial charge on any atom is 0.131 e. The molecular weight excluding hydrogens is 202 g/mol. The average molecular weight is 219 g/mol. The van der Waals surface area contributed by atoms with E-state index < -0.39 is 0 Å². The zero-order chi connectivity index (χ0) is 11.2. The molecule has 1 aromatic carbocycles. The quantitative estimate of drug-likeness (QED) is 0.841. The summed E-state index contributed by atoms with van der Waals surface area (Å²) in [4.78, 5) is 0.